The molecule has 0 bridgehead atoms. The van der Waals surface area contributed by atoms with Gasteiger partial charge in [0.15, 0.2) is 10.9 Å². The van der Waals surface area contributed by atoms with Crippen molar-refractivity contribution >= 4 is 34.9 Å². The van der Waals surface area contributed by atoms with E-state index in [0.29, 0.717) is 23.6 Å². The number of ether oxygens (including phenoxy) is 2. The van der Waals surface area contributed by atoms with E-state index in [0.717, 1.165) is 12.8 Å². The number of aromatic nitrogens is 1. The molecule has 1 amide bonds. The van der Waals surface area contributed by atoms with E-state index in [9.17, 15) is 9.59 Å². The van der Waals surface area contributed by atoms with E-state index in [1.807, 2.05) is 20.8 Å². The number of amides is 1. The Morgan fingerprint density at radius 3 is 2.33 bits per heavy atom. The molecular formula is C22H27N3O4S. The van der Waals surface area contributed by atoms with Crippen LogP contribution in [0, 0.1) is 0 Å². The Balaban J connectivity index is 0.00000218. The number of anilines is 1. The molecule has 0 saturated carbocycles. The molecule has 0 saturated heterocycles. The number of nitrogens with one attached hydrogen (secondary N) is 2. The van der Waals surface area contributed by atoms with Gasteiger partial charge in [0.1, 0.15) is 5.75 Å². The molecule has 0 aliphatic heterocycles. The lowest BCUT2D eigenvalue weighted by atomic mass is 10.2. The smallest absolute Gasteiger partial charge is 0.338 e. The van der Waals surface area contributed by atoms with Crippen LogP contribution in [0.5, 0.6) is 5.75 Å². The van der Waals surface area contributed by atoms with Crippen molar-refractivity contribution in [2.24, 2.45) is 0 Å². The molecule has 0 unspecified atom stereocenters. The number of benzene rings is 1. The van der Waals surface area contributed by atoms with E-state index in [1.165, 1.54) is 12.4 Å². The van der Waals surface area contributed by atoms with Crippen LogP contribution in [0.2, 0.25) is 0 Å². The van der Waals surface area contributed by atoms with Gasteiger partial charge in [-0.15, -0.1) is 0 Å². The number of carbonyl (C=O) groups excluding carboxylic acids is 2. The Kier molecular flexibility index (Phi) is 11.4. The third kappa shape index (κ3) is 8.83. The zero-order chi connectivity index (χ0) is 22.4. The molecule has 160 valence electrons. The van der Waals surface area contributed by atoms with Gasteiger partial charge in [-0.05, 0) is 55.0 Å². The maximum atomic E-state index is 12.1. The van der Waals surface area contributed by atoms with Gasteiger partial charge in [0, 0.05) is 18.1 Å². The number of hydrogen-bond donors (Lipinski definition) is 2. The molecule has 1 heterocycles. The van der Waals surface area contributed by atoms with E-state index < -0.39 is 5.91 Å². The van der Waals surface area contributed by atoms with Crippen LogP contribution in [0.15, 0.2) is 61.1 Å². The Labute approximate surface area is 182 Å². The summed E-state index contributed by atoms with van der Waals surface area (Å²) in [6, 6.07) is 9.76. The minimum atomic E-state index is -0.578. The zero-order valence-corrected chi connectivity index (χ0v) is 18.3. The number of thiocarbonyl (C=S) groups is 1. The summed E-state index contributed by atoms with van der Waals surface area (Å²) < 4.78 is 10.5. The van der Waals surface area contributed by atoms with Gasteiger partial charge in [-0.3, -0.25) is 15.1 Å². The molecule has 30 heavy (non-hydrogen) atoms. The van der Waals surface area contributed by atoms with Crippen molar-refractivity contribution in [1.82, 2.24) is 10.3 Å². The lowest BCUT2D eigenvalue weighted by molar-refractivity contribution is -0.118. The van der Waals surface area contributed by atoms with Crippen molar-refractivity contribution in [1.29, 1.82) is 0 Å². The van der Waals surface area contributed by atoms with E-state index in [2.05, 4.69) is 22.2 Å². The number of nitrogens with zero attached hydrogens (tertiary/aromatic N) is 1. The maximum Gasteiger partial charge on any atom is 0.338 e. The highest BCUT2D eigenvalue weighted by Crippen LogP contribution is 2.12. The van der Waals surface area contributed by atoms with Gasteiger partial charge in [0.2, 0.25) is 0 Å². The highest BCUT2D eigenvalue weighted by atomic mass is 32.1. The quantitative estimate of drug-likeness (QED) is 0.210. The Hall–Kier alpha value is -3.26. The average Bonchev–Trinajstić information content (AvgIpc) is 2.76. The van der Waals surface area contributed by atoms with Crippen LogP contribution in [-0.4, -0.2) is 28.6 Å². The molecule has 2 rings (SSSR count). The molecule has 0 spiro atoms. The van der Waals surface area contributed by atoms with E-state index >= 15 is 0 Å². The van der Waals surface area contributed by atoms with Gasteiger partial charge < -0.3 is 14.8 Å². The number of esters is 1. The summed E-state index contributed by atoms with van der Waals surface area (Å²) in [4.78, 5) is 27.8. The van der Waals surface area contributed by atoms with E-state index in [1.54, 1.807) is 36.4 Å². The predicted octanol–water partition coefficient (Wildman–Crippen LogP) is 4.47. The second-order valence-corrected chi connectivity index (χ2v) is 6.09. The first kappa shape index (κ1) is 24.8. The third-order valence-corrected chi connectivity index (χ3v) is 3.68. The molecule has 1 aromatic heterocycles. The summed E-state index contributed by atoms with van der Waals surface area (Å²) in [5, 5.41) is 5.39. The fourth-order valence-corrected chi connectivity index (χ4v) is 2.22. The molecule has 0 aliphatic carbocycles. The molecule has 0 fully saturated rings. The summed E-state index contributed by atoms with van der Waals surface area (Å²) in [5.74, 6) is -0.623. The van der Waals surface area contributed by atoms with E-state index in [4.69, 9.17) is 21.7 Å². The first-order valence-corrected chi connectivity index (χ1v) is 10.1. The summed E-state index contributed by atoms with van der Waals surface area (Å²) >= 11 is 5.11. The number of unbranched alkanes of at least 4 members (excludes halogenated alkanes) is 1. The van der Waals surface area contributed by atoms with Crippen LogP contribution in [0.3, 0.4) is 0 Å². The number of hydrogen-bond acceptors (Lipinski definition) is 6. The van der Waals surface area contributed by atoms with Gasteiger partial charge in [0.05, 0.1) is 12.2 Å². The molecule has 0 radical (unpaired) electrons. The van der Waals surface area contributed by atoms with Crippen LogP contribution in [-0.2, 0) is 9.53 Å². The topological polar surface area (TPSA) is 89.5 Å². The lowest BCUT2D eigenvalue weighted by Crippen LogP contribution is -2.36. The first-order chi connectivity index (χ1) is 14.5. The fourth-order valence-electron chi connectivity index (χ4n) is 2.01. The second-order valence-electron chi connectivity index (χ2n) is 5.68. The largest absolute Gasteiger partial charge is 0.462 e. The second kappa shape index (κ2) is 13.8. The minimum Gasteiger partial charge on any atom is -0.462 e. The third-order valence-electron chi connectivity index (χ3n) is 3.48. The Morgan fingerprint density at radius 2 is 1.73 bits per heavy atom. The van der Waals surface area contributed by atoms with Gasteiger partial charge in [-0.2, -0.15) is 0 Å². The first-order valence-electron chi connectivity index (χ1n) is 9.66. The van der Waals surface area contributed by atoms with Crippen LogP contribution in [0.1, 0.15) is 44.0 Å². The van der Waals surface area contributed by atoms with Crippen molar-refractivity contribution in [3.8, 4) is 5.75 Å². The maximum absolute atomic E-state index is 12.1. The highest BCUT2D eigenvalue weighted by molar-refractivity contribution is 7.80. The van der Waals surface area contributed by atoms with Gasteiger partial charge in [0.25, 0.3) is 5.91 Å². The molecule has 2 aromatic rings. The summed E-state index contributed by atoms with van der Waals surface area (Å²) in [7, 11) is 0. The molecule has 7 nitrogen and oxygen atoms in total. The van der Waals surface area contributed by atoms with Crippen molar-refractivity contribution in [2.45, 2.75) is 33.6 Å². The molecule has 0 aliphatic rings. The van der Waals surface area contributed by atoms with Crippen LogP contribution in [0.4, 0.5) is 5.69 Å². The van der Waals surface area contributed by atoms with Crippen LogP contribution < -0.4 is 15.4 Å². The zero-order valence-electron chi connectivity index (χ0n) is 17.4. The molecule has 1 aromatic carbocycles. The van der Waals surface area contributed by atoms with Crippen molar-refractivity contribution < 1.29 is 19.1 Å². The predicted molar refractivity (Wildman–Crippen MR) is 121 cm³/mol. The van der Waals surface area contributed by atoms with E-state index in [-0.39, 0.29) is 16.8 Å². The molecule has 0 atom stereocenters. The van der Waals surface area contributed by atoms with Gasteiger partial charge in [-0.1, -0.05) is 33.8 Å². The van der Waals surface area contributed by atoms with Crippen molar-refractivity contribution in [3.63, 3.8) is 0 Å². The standard InChI is InChI=1S/C20H21N3O4S.C2H6/c1-3-4-13-26-19(25)15-5-7-16(8-6-15)22-20(28)23-18(24)14(2)27-17-9-11-21-12-10-17;1-2/h5-12H,2-4,13H2,1H3,(H2,22,23,24,28);1-2H3. The number of rotatable bonds is 8. The lowest BCUT2D eigenvalue weighted by Gasteiger charge is -2.12. The summed E-state index contributed by atoms with van der Waals surface area (Å²) in [6.07, 6.45) is 4.86. The fraction of sp³-hybridized carbons (Fsp3) is 0.273. The van der Waals surface area contributed by atoms with Gasteiger partial charge in [-0.25, -0.2) is 4.79 Å². The number of pyridine rings is 1. The minimum absolute atomic E-state index is 0.0720. The molecule has 8 heteroatoms. The Bertz CT molecular complexity index is 839. The van der Waals surface area contributed by atoms with Crippen molar-refractivity contribution in [3.05, 3.63) is 66.7 Å². The average molecular weight is 430 g/mol. The monoisotopic (exact) mass is 429 g/mol. The van der Waals surface area contributed by atoms with Gasteiger partial charge >= 0.3 is 5.97 Å². The van der Waals surface area contributed by atoms with Crippen molar-refractivity contribution in [2.75, 3.05) is 11.9 Å². The van der Waals surface area contributed by atoms with Crippen LogP contribution >= 0.6 is 12.2 Å². The summed E-state index contributed by atoms with van der Waals surface area (Å²) in [6.45, 7) is 10.0. The SMILES string of the molecule is C=C(Oc1ccncc1)C(=O)NC(=S)Nc1ccc(C(=O)OCCCC)cc1.CC. The Morgan fingerprint density at radius 1 is 1.10 bits per heavy atom. The van der Waals surface area contributed by atoms with Crippen LogP contribution in [0.25, 0.3) is 0 Å². The normalized spacial score (nSPS) is 9.43. The highest BCUT2D eigenvalue weighted by Gasteiger charge is 2.12. The molecule has 2 N–H and O–H groups in total. The molecular weight excluding hydrogens is 402 g/mol. The number of carbonyl (C=O) groups is 2. The summed E-state index contributed by atoms with van der Waals surface area (Å²) in [5.41, 5.74) is 1.05.